The Hall–Kier alpha value is -2.31. The fourth-order valence-electron chi connectivity index (χ4n) is 2.98. The highest BCUT2D eigenvalue weighted by molar-refractivity contribution is 6.09. The van der Waals surface area contributed by atoms with Crippen molar-refractivity contribution in [1.29, 1.82) is 0 Å². The zero-order valence-corrected chi connectivity index (χ0v) is 13.5. The van der Waals surface area contributed by atoms with Gasteiger partial charge in [-0.1, -0.05) is 0 Å². The predicted molar refractivity (Wildman–Crippen MR) is 81.4 cm³/mol. The maximum absolute atomic E-state index is 12.5. The van der Waals surface area contributed by atoms with Gasteiger partial charge >= 0.3 is 6.03 Å². The van der Waals surface area contributed by atoms with E-state index in [0.717, 1.165) is 23.5 Å². The average Bonchev–Trinajstić information content (AvgIpc) is 3.21. The Bertz CT molecular complexity index is 664. The molecule has 0 aromatic carbocycles. The molecule has 2 atom stereocenters. The van der Waals surface area contributed by atoms with Crippen molar-refractivity contribution < 1.29 is 18.8 Å². The molecule has 7 heteroatoms. The second-order valence-electron chi connectivity index (χ2n) is 6.54. The van der Waals surface area contributed by atoms with Crippen LogP contribution in [-0.4, -0.2) is 34.8 Å². The molecule has 2 N–H and O–H groups in total. The standard InChI is InChI=1S/C16H21N3O4/c1-9-4-7-12(23-9)10(2)17-13(20)8-19-14(21)16(3,11-5-6-11)18-15(19)22/h4,7,10-11H,5-6,8H2,1-3H3,(H,17,20)(H,18,22)/t10-,16-/m0/s1. The van der Waals surface area contributed by atoms with Crippen LogP contribution in [0, 0.1) is 12.8 Å². The molecule has 0 bridgehead atoms. The predicted octanol–water partition coefficient (Wildman–Crippen LogP) is 1.49. The molecular formula is C16H21N3O4. The number of carbonyl (C=O) groups excluding carboxylic acids is 3. The van der Waals surface area contributed by atoms with Gasteiger partial charge in [-0.25, -0.2) is 4.79 Å². The highest BCUT2D eigenvalue weighted by Gasteiger charge is 2.56. The van der Waals surface area contributed by atoms with Crippen molar-refractivity contribution in [3.8, 4) is 0 Å². The molecule has 0 spiro atoms. The third kappa shape index (κ3) is 2.83. The summed E-state index contributed by atoms with van der Waals surface area (Å²) in [4.78, 5) is 37.6. The molecule has 2 aliphatic rings. The number of rotatable bonds is 5. The third-order valence-electron chi connectivity index (χ3n) is 4.56. The van der Waals surface area contributed by atoms with E-state index in [1.54, 1.807) is 19.9 Å². The summed E-state index contributed by atoms with van der Waals surface area (Å²) in [7, 11) is 0. The van der Waals surface area contributed by atoms with E-state index in [9.17, 15) is 14.4 Å². The number of urea groups is 1. The van der Waals surface area contributed by atoms with Gasteiger partial charge in [-0.15, -0.1) is 0 Å². The minimum atomic E-state index is -0.860. The van der Waals surface area contributed by atoms with Gasteiger partial charge in [-0.05, 0) is 51.7 Å². The first-order valence-electron chi connectivity index (χ1n) is 7.81. The minimum absolute atomic E-state index is 0.178. The van der Waals surface area contributed by atoms with Crippen LogP contribution in [-0.2, 0) is 9.59 Å². The lowest BCUT2D eigenvalue weighted by atomic mass is 9.96. The molecule has 1 aromatic rings. The third-order valence-corrected chi connectivity index (χ3v) is 4.56. The van der Waals surface area contributed by atoms with E-state index in [1.165, 1.54) is 0 Å². The van der Waals surface area contributed by atoms with Gasteiger partial charge < -0.3 is 15.1 Å². The number of carbonyl (C=O) groups is 3. The minimum Gasteiger partial charge on any atom is -0.464 e. The summed E-state index contributed by atoms with van der Waals surface area (Å²) in [5.74, 6) is 0.861. The number of nitrogens with one attached hydrogen (secondary N) is 2. The number of amides is 4. The number of nitrogens with zero attached hydrogens (tertiary/aromatic N) is 1. The normalized spacial score (nSPS) is 25.4. The summed E-state index contributed by atoms with van der Waals surface area (Å²) in [5, 5.41) is 5.47. The molecule has 1 saturated heterocycles. The highest BCUT2D eigenvalue weighted by Crippen LogP contribution is 2.42. The molecule has 1 aromatic heterocycles. The van der Waals surface area contributed by atoms with Crippen molar-refractivity contribution in [3.63, 3.8) is 0 Å². The van der Waals surface area contributed by atoms with E-state index in [-0.39, 0.29) is 24.4 Å². The SMILES string of the molecule is Cc1ccc([C@H](C)NC(=O)CN2C(=O)N[C@@](C)(C3CC3)C2=O)o1. The van der Waals surface area contributed by atoms with Crippen LogP contribution in [0.1, 0.15) is 44.3 Å². The second-order valence-corrected chi connectivity index (χ2v) is 6.54. The van der Waals surface area contributed by atoms with Crippen LogP contribution in [0.25, 0.3) is 0 Å². The molecule has 2 fully saturated rings. The monoisotopic (exact) mass is 319 g/mol. The molecule has 124 valence electrons. The molecule has 0 unspecified atom stereocenters. The first kappa shape index (κ1) is 15.6. The number of hydrogen-bond acceptors (Lipinski definition) is 4. The lowest BCUT2D eigenvalue weighted by Crippen LogP contribution is -2.47. The number of hydrogen-bond donors (Lipinski definition) is 2. The van der Waals surface area contributed by atoms with Gasteiger partial charge in [0, 0.05) is 0 Å². The lowest BCUT2D eigenvalue weighted by Gasteiger charge is -2.21. The molecular weight excluding hydrogens is 298 g/mol. The van der Waals surface area contributed by atoms with Crippen LogP contribution >= 0.6 is 0 Å². The van der Waals surface area contributed by atoms with Gasteiger partial charge in [0.05, 0.1) is 6.04 Å². The van der Waals surface area contributed by atoms with Crippen LogP contribution in [0.15, 0.2) is 16.5 Å². The van der Waals surface area contributed by atoms with Crippen molar-refractivity contribution in [3.05, 3.63) is 23.7 Å². The maximum Gasteiger partial charge on any atom is 0.325 e. The average molecular weight is 319 g/mol. The van der Waals surface area contributed by atoms with Crippen molar-refractivity contribution in [2.75, 3.05) is 6.54 Å². The summed E-state index contributed by atoms with van der Waals surface area (Å²) in [6, 6.07) is 2.78. The first-order valence-corrected chi connectivity index (χ1v) is 7.81. The van der Waals surface area contributed by atoms with Gasteiger partial charge in [0.25, 0.3) is 5.91 Å². The van der Waals surface area contributed by atoms with E-state index < -0.39 is 17.5 Å². The van der Waals surface area contributed by atoms with E-state index in [4.69, 9.17) is 4.42 Å². The zero-order chi connectivity index (χ0) is 16.8. The number of aryl methyl sites for hydroxylation is 1. The van der Waals surface area contributed by atoms with Crippen LogP contribution in [0.5, 0.6) is 0 Å². The molecule has 1 saturated carbocycles. The summed E-state index contributed by atoms with van der Waals surface area (Å²) in [6.45, 7) is 5.06. The van der Waals surface area contributed by atoms with Gasteiger partial charge in [-0.2, -0.15) is 0 Å². The van der Waals surface area contributed by atoms with E-state index in [1.807, 2.05) is 13.0 Å². The topological polar surface area (TPSA) is 91.7 Å². The fourth-order valence-corrected chi connectivity index (χ4v) is 2.98. The number of imide groups is 1. The molecule has 1 aliphatic carbocycles. The van der Waals surface area contributed by atoms with Gasteiger partial charge in [0.15, 0.2) is 0 Å². The van der Waals surface area contributed by atoms with Crippen LogP contribution in [0.3, 0.4) is 0 Å². The van der Waals surface area contributed by atoms with Gasteiger partial charge in [0.1, 0.15) is 23.6 Å². The lowest BCUT2D eigenvalue weighted by molar-refractivity contribution is -0.135. The maximum atomic E-state index is 12.5. The molecule has 23 heavy (non-hydrogen) atoms. The summed E-state index contributed by atoms with van der Waals surface area (Å²) in [6.07, 6.45) is 1.86. The second kappa shape index (κ2) is 5.40. The number of furan rings is 1. The Kier molecular flexibility index (Phi) is 3.66. The molecule has 3 rings (SSSR count). The van der Waals surface area contributed by atoms with Crippen LogP contribution in [0.2, 0.25) is 0 Å². The smallest absolute Gasteiger partial charge is 0.325 e. The summed E-state index contributed by atoms with van der Waals surface area (Å²) in [5.41, 5.74) is -0.860. The quantitative estimate of drug-likeness (QED) is 0.804. The Morgan fingerprint density at radius 2 is 2.17 bits per heavy atom. The fraction of sp³-hybridized carbons (Fsp3) is 0.562. The highest BCUT2D eigenvalue weighted by atomic mass is 16.3. The Labute approximate surface area is 134 Å². The van der Waals surface area contributed by atoms with Gasteiger partial charge in [0.2, 0.25) is 5.91 Å². The zero-order valence-electron chi connectivity index (χ0n) is 13.5. The Morgan fingerprint density at radius 3 is 2.74 bits per heavy atom. The van der Waals surface area contributed by atoms with Crippen LogP contribution in [0.4, 0.5) is 4.79 Å². The van der Waals surface area contributed by atoms with Crippen molar-refractivity contribution >= 4 is 17.8 Å². The van der Waals surface area contributed by atoms with Crippen molar-refractivity contribution in [2.45, 2.75) is 45.2 Å². The summed E-state index contributed by atoms with van der Waals surface area (Å²) >= 11 is 0. The Morgan fingerprint density at radius 1 is 1.48 bits per heavy atom. The largest absolute Gasteiger partial charge is 0.464 e. The first-order chi connectivity index (χ1) is 10.8. The Balaban J connectivity index is 1.61. The molecule has 7 nitrogen and oxygen atoms in total. The van der Waals surface area contributed by atoms with E-state index in [0.29, 0.717) is 5.76 Å². The van der Waals surface area contributed by atoms with E-state index in [2.05, 4.69) is 10.6 Å². The van der Waals surface area contributed by atoms with Gasteiger partial charge in [-0.3, -0.25) is 14.5 Å². The molecule has 2 heterocycles. The molecule has 4 amide bonds. The molecule has 0 radical (unpaired) electrons. The van der Waals surface area contributed by atoms with Crippen LogP contribution < -0.4 is 10.6 Å². The van der Waals surface area contributed by atoms with Crippen molar-refractivity contribution in [2.24, 2.45) is 5.92 Å². The summed E-state index contributed by atoms with van der Waals surface area (Å²) < 4.78 is 5.46. The molecule has 1 aliphatic heterocycles. The van der Waals surface area contributed by atoms with E-state index >= 15 is 0 Å². The van der Waals surface area contributed by atoms with Crippen molar-refractivity contribution in [1.82, 2.24) is 15.5 Å².